The Labute approximate surface area is 89.3 Å². The van der Waals surface area contributed by atoms with E-state index in [9.17, 15) is 10.0 Å². The molecule has 0 spiro atoms. The molecule has 15 heavy (non-hydrogen) atoms. The fourth-order valence-corrected chi connectivity index (χ4v) is 2.17. The number of hydrogen-bond acceptors (Lipinski definition) is 2. The van der Waals surface area contributed by atoms with Gasteiger partial charge in [0.05, 0.1) is 6.04 Å². The van der Waals surface area contributed by atoms with Crippen molar-refractivity contribution in [3.05, 3.63) is 34.9 Å². The van der Waals surface area contributed by atoms with E-state index in [0.29, 0.717) is 0 Å². The second-order valence-corrected chi connectivity index (χ2v) is 4.12. The van der Waals surface area contributed by atoms with Crippen molar-refractivity contribution in [1.82, 2.24) is 5.06 Å². The van der Waals surface area contributed by atoms with Crippen molar-refractivity contribution < 1.29 is 10.0 Å². The third-order valence-corrected chi connectivity index (χ3v) is 2.97. The van der Waals surface area contributed by atoms with Crippen LogP contribution in [0, 0.1) is 6.92 Å². The average Bonchev–Trinajstić information content (AvgIpc) is 2.59. The van der Waals surface area contributed by atoms with Crippen molar-refractivity contribution in [3.63, 3.8) is 0 Å². The summed E-state index contributed by atoms with van der Waals surface area (Å²) < 4.78 is 0. The van der Waals surface area contributed by atoms with Gasteiger partial charge in [-0.1, -0.05) is 23.8 Å². The predicted molar refractivity (Wildman–Crippen MR) is 56.5 cm³/mol. The fraction of sp³-hybridized carbons (Fsp3) is 0.417. The van der Waals surface area contributed by atoms with Crippen LogP contribution in [0.25, 0.3) is 0 Å². The standard InChI is InChI=1S/C12H15NO2/c1-8-3-4-10-5-6-12(11(10)7-8)13(15)9(2)14/h3-4,7,12,15H,5-6H2,1-2H3. The van der Waals surface area contributed by atoms with Gasteiger partial charge in [-0.25, -0.2) is 5.06 Å². The third kappa shape index (κ3) is 1.75. The molecule has 3 nitrogen and oxygen atoms in total. The first-order valence-corrected chi connectivity index (χ1v) is 5.17. The van der Waals surface area contributed by atoms with E-state index in [1.807, 2.05) is 6.92 Å². The molecular formula is C12H15NO2. The summed E-state index contributed by atoms with van der Waals surface area (Å²) in [6.45, 7) is 3.40. The highest BCUT2D eigenvalue weighted by atomic mass is 16.5. The molecule has 1 aliphatic rings. The summed E-state index contributed by atoms with van der Waals surface area (Å²) in [6.07, 6.45) is 1.75. The van der Waals surface area contributed by atoms with Crippen molar-refractivity contribution in [2.24, 2.45) is 0 Å². The number of amides is 1. The summed E-state index contributed by atoms with van der Waals surface area (Å²) in [6, 6.07) is 6.05. The minimum atomic E-state index is -0.297. The summed E-state index contributed by atoms with van der Waals surface area (Å²) >= 11 is 0. The second kappa shape index (κ2) is 3.66. The zero-order chi connectivity index (χ0) is 11.0. The minimum absolute atomic E-state index is 0.155. The quantitative estimate of drug-likeness (QED) is 0.564. The third-order valence-electron chi connectivity index (χ3n) is 2.97. The summed E-state index contributed by atoms with van der Waals surface area (Å²) in [5.74, 6) is -0.297. The number of rotatable bonds is 1. The molecule has 2 rings (SSSR count). The van der Waals surface area contributed by atoms with E-state index in [0.717, 1.165) is 29.0 Å². The zero-order valence-corrected chi connectivity index (χ0v) is 9.03. The smallest absolute Gasteiger partial charge is 0.243 e. The number of aryl methyl sites for hydroxylation is 2. The van der Waals surface area contributed by atoms with Gasteiger partial charge in [-0.15, -0.1) is 0 Å². The lowest BCUT2D eigenvalue weighted by atomic mass is 10.0. The lowest BCUT2D eigenvalue weighted by Crippen LogP contribution is -2.28. The molecule has 3 heteroatoms. The molecule has 0 radical (unpaired) electrons. The van der Waals surface area contributed by atoms with Gasteiger partial charge in [0, 0.05) is 6.92 Å². The van der Waals surface area contributed by atoms with Crippen molar-refractivity contribution in [1.29, 1.82) is 0 Å². The highest BCUT2D eigenvalue weighted by molar-refractivity contribution is 5.72. The van der Waals surface area contributed by atoms with E-state index in [1.54, 1.807) is 0 Å². The monoisotopic (exact) mass is 205 g/mol. The Balaban J connectivity index is 2.35. The highest BCUT2D eigenvalue weighted by Gasteiger charge is 2.28. The first kappa shape index (κ1) is 10.2. The number of fused-ring (bicyclic) bond motifs is 1. The largest absolute Gasteiger partial charge is 0.285 e. The van der Waals surface area contributed by atoms with Gasteiger partial charge in [-0.05, 0) is 30.9 Å². The Morgan fingerprint density at radius 1 is 1.53 bits per heavy atom. The molecule has 1 amide bonds. The molecule has 0 fully saturated rings. The molecule has 1 atom stereocenters. The predicted octanol–water partition coefficient (Wildman–Crippen LogP) is 2.22. The van der Waals surface area contributed by atoms with E-state index < -0.39 is 0 Å². The van der Waals surface area contributed by atoms with Gasteiger partial charge >= 0.3 is 0 Å². The fourth-order valence-electron chi connectivity index (χ4n) is 2.17. The minimum Gasteiger partial charge on any atom is -0.285 e. The van der Waals surface area contributed by atoms with Crippen LogP contribution in [-0.4, -0.2) is 16.2 Å². The molecular weight excluding hydrogens is 190 g/mol. The van der Waals surface area contributed by atoms with Crippen molar-refractivity contribution in [2.75, 3.05) is 0 Å². The van der Waals surface area contributed by atoms with Gasteiger partial charge in [-0.2, -0.15) is 0 Å². The van der Waals surface area contributed by atoms with Crippen LogP contribution in [0.15, 0.2) is 18.2 Å². The average molecular weight is 205 g/mol. The van der Waals surface area contributed by atoms with Crippen LogP contribution in [0.4, 0.5) is 0 Å². The molecule has 0 aliphatic heterocycles. The zero-order valence-electron chi connectivity index (χ0n) is 9.03. The lowest BCUT2D eigenvalue weighted by Gasteiger charge is -2.21. The van der Waals surface area contributed by atoms with Crippen LogP contribution in [-0.2, 0) is 11.2 Å². The van der Waals surface area contributed by atoms with Gasteiger partial charge in [0.1, 0.15) is 0 Å². The van der Waals surface area contributed by atoms with Gasteiger partial charge in [0.25, 0.3) is 0 Å². The van der Waals surface area contributed by atoms with Crippen LogP contribution in [0.3, 0.4) is 0 Å². The lowest BCUT2D eigenvalue weighted by molar-refractivity contribution is -0.173. The molecule has 0 bridgehead atoms. The highest BCUT2D eigenvalue weighted by Crippen LogP contribution is 2.35. The Kier molecular flexibility index (Phi) is 2.49. The van der Waals surface area contributed by atoms with E-state index in [1.165, 1.54) is 12.5 Å². The van der Waals surface area contributed by atoms with Crippen LogP contribution in [0.1, 0.15) is 36.1 Å². The van der Waals surface area contributed by atoms with E-state index in [2.05, 4.69) is 18.2 Å². The molecule has 0 heterocycles. The number of hydroxylamine groups is 2. The van der Waals surface area contributed by atoms with Crippen LogP contribution >= 0.6 is 0 Å². The van der Waals surface area contributed by atoms with E-state index in [-0.39, 0.29) is 11.9 Å². The molecule has 1 N–H and O–H groups in total. The van der Waals surface area contributed by atoms with Gasteiger partial charge in [0.2, 0.25) is 5.91 Å². The van der Waals surface area contributed by atoms with Crippen molar-refractivity contribution in [2.45, 2.75) is 32.7 Å². The maximum Gasteiger partial charge on any atom is 0.243 e. The summed E-state index contributed by atoms with van der Waals surface area (Å²) in [4.78, 5) is 11.1. The molecule has 1 aromatic carbocycles. The van der Waals surface area contributed by atoms with Crippen LogP contribution in [0.2, 0.25) is 0 Å². The molecule has 0 saturated carbocycles. The summed E-state index contributed by atoms with van der Waals surface area (Å²) in [5.41, 5.74) is 3.50. The SMILES string of the molecule is CC(=O)N(O)C1CCc2ccc(C)cc21. The number of hydrogen-bond donors (Lipinski definition) is 1. The maximum absolute atomic E-state index is 11.1. The van der Waals surface area contributed by atoms with Gasteiger partial charge < -0.3 is 0 Å². The summed E-state index contributed by atoms with van der Waals surface area (Å²) in [7, 11) is 0. The Hall–Kier alpha value is -1.35. The Bertz CT molecular complexity index is 401. The van der Waals surface area contributed by atoms with Crippen LogP contribution in [0.5, 0.6) is 0 Å². The number of carbonyl (C=O) groups is 1. The topological polar surface area (TPSA) is 40.5 Å². The number of benzene rings is 1. The molecule has 0 aromatic heterocycles. The summed E-state index contributed by atoms with van der Waals surface area (Å²) in [5, 5.41) is 10.5. The van der Waals surface area contributed by atoms with E-state index >= 15 is 0 Å². The molecule has 1 unspecified atom stereocenters. The first-order chi connectivity index (χ1) is 7.09. The molecule has 0 saturated heterocycles. The second-order valence-electron chi connectivity index (χ2n) is 4.12. The Morgan fingerprint density at radius 2 is 2.27 bits per heavy atom. The van der Waals surface area contributed by atoms with Crippen LogP contribution < -0.4 is 0 Å². The molecule has 80 valence electrons. The molecule has 1 aromatic rings. The number of carbonyl (C=O) groups excluding carboxylic acids is 1. The first-order valence-electron chi connectivity index (χ1n) is 5.17. The normalized spacial score (nSPS) is 18.7. The van der Waals surface area contributed by atoms with E-state index in [4.69, 9.17) is 0 Å². The number of nitrogens with zero attached hydrogens (tertiary/aromatic N) is 1. The van der Waals surface area contributed by atoms with Crippen molar-refractivity contribution in [3.8, 4) is 0 Å². The van der Waals surface area contributed by atoms with Gasteiger partial charge in [0.15, 0.2) is 0 Å². The Morgan fingerprint density at radius 3 is 2.93 bits per heavy atom. The maximum atomic E-state index is 11.1. The van der Waals surface area contributed by atoms with Crippen molar-refractivity contribution >= 4 is 5.91 Å². The van der Waals surface area contributed by atoms with Gasteiger partial charge in [-0.3, -0.25) is 10.0 Å². The molecule has 1 aliphatic carbocycles.